The zero-order valence-electron chi connectivity index (χ0n) is 55.7. The number of carbonyl (C=O) groups is 14. The highest BCUT2D eigenvalue weighted by Gasteiger charge is 2.40. The number of hydrogen-bond acceptors (Lipinski definition) is 20. The van der Waals surface area contributed by atoms with Gasteiger partial charge in [-0.05, 0) is 85.9 Å². The van der Waals surface area contributed by atoms with E-state index in [1.54, 1.807) is 30.3 Å². The van der Waals surface area contributed by atoms with E-state index < -0.39 is 182 Å². The Labute approximate surface area is 575 Å². The fourth-order valence-corrected chi connectivity index (χ4v) is 10.3. The SMILES string of the molecule is CC(=O)N[C@@H](CC(C)C)C(=O)N[C@@H](Cc1ccc(O)cc1)C(=O)N[C@@H](CCCN=C(N)N)C(=O)N[C@@H](C)C(=O)N[C@@H](CC(N)=O)C(=O)N[C@@H](Cc1ccccc1)C(=O)N[C@@H](CO)C(=O)N[C@@H](CO)C(=O)N1CCC[C@H]1C(=O)NCC(=O)N[C@@H](Cc1ccc(O)cc1)C(=O)N[C@@H](CO)C(N)=O. The number of likely N-dealkylation sites (tertiary alicyclic amines) is 1. The molecule has 24 N–H and O–H groups in total. The van der Waals surface area contributed by atoms with E-state index >= 15 is 0 Å². The van der Waals surface area contributed by atoms with Gasteiger partial charge in [-0.1, -0.05) is 68.4 Å². The van der Waals surface area contributed by atoms with Crippen molar-refractivity contribution in [2.75, 3.05) is 39.5 Å². The molecule has 1 aliphatic heterocycles. The van der Waals surface area contributed by atoms with Crippen LogP contribution in [0.25, 0.3) is 0 Å². The first kappa shape index (κ1) is 81.4. The zero-order valence-corrected chi connectivity index (χ0v) is 55.7. The predicted molar refractivity (Wildman–Crippen MR) is 356 cm³/mol. The second kappa shape index (κ2) is 40.6. The van der Waals surface area contributed by atoms with Crippen molar-refractivity contribution in [3.05, 3.63) is 95.6 Å². The first-order valence-corrected chi connectivity index (χ1v) is 32.0. The summed E-state index contributed by atoms with van der Waals surface area (Å²) in [6.45, 7) is 2.11. The van der Waals surface area contributed by atoms with Crippen molar-refractivity contribution in [2.24, 2.45) is 33.8 Å². The summed E-state index contributed by atoms with van der Waals surface area (Å²) in [5.74, 6) is -14.2. The van der Waals surface area contributed by atoms with Crippen LogP contribution in [0, 0.1) is 5.92 Å². The van der Waals surface area contributed by atoms with E-state index in [2.05, 4.69) is 63.5 Å². The Balaban J connectivity index is 1.48. The average molecular weight is 1400 g/mol. The summed E-state index contributed by atoms with van der Waals surface area (Å²) in [4.78, 5) is 194. The van der Waals surface area contributed by atoms with Gasteiger partial charge in [-0.15, -0.1) is 0 Å². The molecule has 1 aliphatic rings. The van der Waals surface area contributed by atoms with Crippen molar-refractivity contribution >= 4 is 88.7 Å². The second-order valence-corrected chi connectivity index (χ2v) is 24.1. The van der Waals surface area contributed by atoms with Crippen LogP contribution in [-0.2, 0) is 86.4 Å². The Morgan fingerprint density at radius 1 is 0.510 bits per heavy atom. The van der Waals surface area contributed by atoms with E-state index in [1.807, 2.05) is 13.8 Å². The molecule has 0 spiro atoms. The molecule has 0 radical (unpaired) electrons. The number of amides is 14. The van der Waals surface area contributed by atoms with E-state index in [-0.39, 0.29) is 87.8 Å². The van der Waals surface area contributed by atoms with Crippen molar-refractivity contribution in [1.29, 1.82) is 0 Å². The van der Waals surface area contributed by atoms with E-state index in [0.29, 0.717) is 16.7 Å². The molecular formula is C64H91N17O19. The molecule has 0 saturated carbocycles. The molecular weight excluding hydrogens is 1310 g/mol. The van der Waals surface area contributed by atoms with Gasteiger partial charge in [0.05, 0.1) is 32.8 Å². The number of benzene rings is 3. The fourth-order valence-electron chi connectivity index (χ4n) is 10.3. The number of rotatable bonds is 40. The van der Waals surface area contributed by atoms with Crippen LogP contribution in [0.4, 0.5) is 0 Å². The highest BCUT2D eigenvalue weighted by atomic mass is 16.3. The molecule has 11 atom stereocenters. The normalized spacial score (nSPS) is 15.5. The number of primary amides is 2. The molecule has 100 heavy (non-hydrogen) atoms. The fraction of sp³-hybridized carbons (Fsp3) is 0.484. The maximum Gasteiger partial charge on any atom is 0.248 e. The summed E-state index contributed by atoms with van der Waals surface area (Å²) in [7, 11) is 0. The molecule has 546 valence electrons. The van der Waals surface area contributed by atoms with Gasteiger partial charge < -0.3 is 112 Å². The molecule has 0 unspecified atom stereocenters. The number of hydrogen-bond donors (Lipinski definition) is 20. The molecule has 0 bridgehead atoms. The van der Waals surface area contributed by atoms with Crippen LogP contribution in [0.15, 0.2) is 83.9 Å². The van der Waals surface area contributed by atoms with Crippen molar-refractivity contribution in [2.45, 2.75) is 152 Å². The minimum atomic E-state index is -1.90. The second-order valence-electron chi connectivity index (χ2n) is 24.1. The van der Waals surface area contributed by atoms with Crippen molar-refractivity contribution in [3.8, 4) is 11.5 Å². The smallest absolute Gasteiger partial charge is 0.248 e. The van der Waals surface area contributed by atoms with Gasteiger partial charge in [-0.25, -0.2) is 0 Å². The molecule has 36 heteroatoms. The van der Waals surface area contributed by atoms with Crippen molar-refractivity contribution in [3.63, 3.8) is 0 Å². The quantitative estimate of drug-likeness (QED) is 0.0143. The number of nitrogens with two attached hydrogens (primary N) is 4. The summed E-state index contributed by atoms with van der Waals surface area (Å²) in [5, 5.41) is 76.6. The number of aliphatic hydroxyl groups is 3. The van der Waals surface area contributed by atoms with Gasteiger partial charge >= 0.3 is 0 Å². The van der Waals surface area contributed by atoms with Crippen LogP contribution in [0.3, 0.4) is 0 Å². The van der Waals surface area contributed by atoms with E-state index in [0.717, 1.165) is 4.90 Å². The number of carbonyl (C=O) groups excluding carboxylic acids is 14. The van der Waals surface area contributed by atoms with Gasteiger partial charge in [0, 0.05) is 39.3 Å². The number of phenols is 2. The Kier molecular flexibility index (Phi) is 33.1. The highest BCUT2D eigenvalue weighted by molar-refractivity contribution is 6.00. The Hall–Kier alpha value is -11.0. The minimum absolute atomic E-state index is 0.0271. The largest absolute Gasteiger partial charge is 0.508 e. The van der Waals surface area contributed by atoms with Crippen LogP contribution in [0.2, 0.25) is 0 Å². The number of guanidine groups is 1. The summed E-state index contributed by atoms with van der Waals surface area (Å²) < 4.78 is 0. The number of aliphatic hydroxyl groups excluding tert-OH is 3. The molecule has 3 aromatic rings. The van der Waals surface area contributed by atoms with E-state index in [9.17, 15) is 92.7 Å². The lowest BCUT2D eigenvalue weighted by Crippen LogP contribution is -2.61. The molecule has 1 fully saturated rings. The van der Waals surface area contributed by atoms with Gasteiger partial charge in [0.2, 0.25) is 82.7 Å². The third-order valence-electron chi connectivity index (χ3n) is 15.4. The molecule has 0 aromatic heterocycles. The standard InChI is InChI=1S/C64H91N17O19/c1-33(2)24-42(72-35(4)85)56(93)76-45(27-38-16-20-40(87)21-17-38)58(95)74-41(12-8-22-69-64(67)68)55(92)71-34(3)54(91)75-46(28-51(65)88)60(97)77-44(25-36-10-6-5-7-11-36)59(96)79-48(31-83)61(98)80-49(32-84)63(100)81-23-9-13-50(81)62(99)70-29-52(89)73-43(26-37-14-18-39(86)19-15-37)57(94)78-47(30-82)53(66)90/h5-7,10-11,14-21,33-34,41-50,82-84,86-87H,8-9,12-13,22-32H2,1-4H3,(H2,65,88)(H2,66,90)(H,70,99)(H,71,92)(H,72,85)(H,73,89)(H,74,95)(H,75,91)(H,76,93)(H,77,97)(H,78,94)(H,79,96)(H,80,98)(H4,67,68,69)/t34-,41-,42-,43-,44-,45-,46-,47-,48-,49-,50-/m0/s1. The molecule has 0 aliphatic carbocycles. The molecule has 36 nitrogen and oxygen atoms in total. The maximum atomic E-state index is 14.3. The van der Waals surface area contributed by atoms with Crippen molar-refractivity contribution < 1.29 is 92.7 Å². The van der Waals surface area contributed by atoms with Gasteiger partial charge in [0.15, 0.2) is 5.96 Å². The van der Waals surface area contributed by atoms with Crippen LogP contribution >= 0.6 is 0 Å². The molecule has 1 heterocycles. The number of nitrogens with one attached hydrogen (secondary N) is 11. The lowest BCUT2D eigenvalue weighted by molar-refractivity contribution is -0.143. The van der Waals surface area contributed by atoms with Gasteiger partial charge in [0.1, 0.15) is 78.0 Å². The average Bonchev–Trinajstić information content (AvgIpc) is 1.53. The number of nitrogens with zero attached hydrogens (tertiary/aromatic N) is 2. The highest BCUT2D eigenvalue weighted by Crippen LogP contribution is 2.20. The maximum absolute atomic E-state index is 14.3. The van der Waals surface area contributed by atoms with Crippen LogP contribution < -0.4 is 81.4 Å². The van der Waals surface area contributed by atoms with E-state index in [4.69, 9.17) is 22.9 Å². The summed E-state index contributed by atoms with van der Waals surface area (Å²) >= 11 is 0. The van der Waals surface area contributed by atoms with Crippen molar-refractivity contribution in [1.82, 2.24) is 63.4 Å². The molecule has 3 aromatic carbocycles. The van der Waals surface area contributed by atoms with Gasteiger partial charge in [-0.2, -0.15) is 0 Å². The van der Waals surface area contributed by atoms with Crippen LogP contribution in [0.5, 0.6) is 11.5 Å². The van der Waals surface area contributed by atoms with Crippen LogP contribution in [0.1, 0.15) is 82.9 Å². The Morgan fingerprint density at radius 3 is 1.44 bits per heavy atom. The van der Waals surface area contributed by atoms with Crippen LogP contribution in [-0.4, -0.2) is 225 Å². The zero-order chi connectivity index (χ0) is 74.3. The Bertz CT molecular complexity index is 3380. The van der Waals surface area contributed by atoms with E-state index in [1.165, 1.54) is 62.4 Å². The summed E-state index contributed by atoms with van der Waals surface area (Å²) in [6, 6.07) is 2.29. The number of aliphatic imine (C=N–C) groups is 1. The summed E-state index contributed by atoms with van der Waals surface area (Å²) in [6.07, 6.45) is -1.21. The lowest BCUT2D eigenvalue weighted by atomic mass is 10.0. The predicted octanol–water partition coefficient (Wildman–Crippen LogP) is -7.44. The third kappa shape index (κ3) is 27.5. The first-order valence-electron chi connectivity index (χ1n) is 32.0. The number of aromatic hydroxyl groups is 2. The topological polar surface area (TPSA) is 592 Å². The number of phenolic OH excluding ortho intramolecular Hbond substituents is 2. The minimum Gasteiger partial charge on any atom is -0.508 e. The monoisotopic (exact) mass is 1400 g/mol. The Morgan fingerprint density at radius 2 is 0.950 bits per heavy atom. The molecule has 1 saturated heterocycles. The first-order chi connectivity index (χ1) is 47.3. The molecule has 4 rings (SSSR count). The lowest BCUT2D eigenvalue weighted by Gasteiger charge is -2.29. The summed E-state index contributed by atoms with van der Waals surface area (Å²) in [5.41, 5.74) is 23.1. The third-order valence-corrected chi connectivity index (χ3v) is 15.4. The van der Waals surface area contributed by atoms with Gasteiger partial charge in [-0.3, -0.25) is 72.1 Å². The molecule has 14 amide bonds. The van der Waals surface area contributed by atoms with Gasteiger partial charge in [0.25, 0.3) is 0 Å².